The zero-order chi connectivity index (χ0) is 10.2. The third-order valence-electron chi connectivity index (χ3n) is 1.88. The fourth-order valence-corrected chi connectivity index (χ4v) is 1.13. The van der Waals surface area contributed by atoms with Gasteiger partial charge in [0.2, 0.25) is 0 Å². The molecule has 0 aliphatic carbocycles. The summed E-state index contributed by atoms with van der Waals surface area (Å²) in [5, 5.41) is 0. The molecule has 0 spiro atoms. The molecule has 0 aliphatic rings. The third-order valence-corrected chi connectivity index (χ3v) is 1.88. The number of nitrogens with two attached hydrogens (primary N) is 1. The first kappa shape index (κ1) is 10.8. The highest BCUT2D eigenvalue weighted by atomic mass is 16.5. The van der Waals surface area contributed by atoms with E-state index in [1.807, 2.05) is 12.1 Å². The predicted molar refractivity (Wildman–Crippen MR) is 58.0 cm³/mol. The van der Waals surface area contributed by atoms with E-state index in [0.29, 0.717) is 6.54 Å². The summed E-state index contributed by atoms with van der Waals surface area (Å²) in [5.41, 5.74) is 7.56. The maximum atomic E-state index is 5.28. The van der Waals surface area contributed by atoms with Crippen molar-refractivity contribution in [2.24, 2.45) is 5.73 Å². The molecule has 0 aliphatic heterocycles. The van der Waals surface area contributed by atoms with Gasteiger partial charge in [-0.05, 0) is 24.1 Å². The minimum absolute atomic E-state index is 0.408. The Morgan fingerprint density at radius 3 is 2.57 bits per heavy atom. The zero-order valence-electron chi connectivity index (χ0n) is 8.42. The van der Waals surface area contributed by atoms with Crippen LogP contribution in [0.2, 0.25) is 0 Å². The van der Waals surface area contributed by atoms with Crippen LogP contribution >= 0.6 is 0 Å². The standard InChI is InChI=1S/C12H15NO/c1-14-10-8-12-6-4-11(5-7-12)3-2-9-13/h4-7H,8-10,13H2,1H3. The van der Waals surface area contributed by atoms with Crippen molar-refractivity contribution < 1.29 is 4.74 Å². The van der Waals surface area contributed by atoms with E-state index in [0.717, 1.165) is 18.6 Å². The Kier molecular flexibility index (Phi) is 4.77. The summed E-state index contributed by atoms with van der Waals surface area (Å²) in [6, 6.07) is 8.15. The minimum Gasteiger partial charge on any atom is -0.384 e. The van der Waals surface area contributed by atoms with E-state index < -0.39 is 0 Å². The Morgan fingerprint density at radius 1 is 1.29 bits per heavy atom. The van der Waals surface area contributed by atoms with Gasteiger partial charge in [-0.2, -0.15) is 0 Å². The van der Waals surface area contributed by atoms with Gasteiger partial charge in [0.25, 0.3) is 0 Å². The van der Waals surface area contributed by atoms with Crippen LogP contribution in [0, 0.1) is 11.8 Å². The van der Waals surface area contributed by atoms with Crippen LogP contribution in [-0.4, -0.2) is 20.3 Å². The molecule has 1 rings (SSSR count). The van der Waals surface area contributed by atoms with Crippen LogP contribution in [-0.2, 0) is 11.2 Å². The van der Waals surface area contributed by atoms with Gasteiger partial charge in [-0.25, -0.2) is 0 Å². The van der Waals surface area contributed by atoms with Crippen LogP contribution in [0.1, 0.15) is 11.1 Å². The number of benzene rings is 1. The highest BCUT2D eigenvalue weighted by Gasteiger charge is 1.91. The van der Waals surface area contributed by atoms with Gasteiger partial charge in [0.1, 0.15) is 0 Å². The average Bonchev–Trinajstić information content (AvgIpc) is 2.25. The summed E-state index contributed by atoms with van der Waals surface area (Å²) in [6.07, 6.45) is 0.946. The van der Waals surface area contributed by atoms with Gasteiger partial charge in [-0.3, -0.25) is 0 Å². The van der Waals surface area contributed by atoms with Gasteiger partial charge in [0.15, 0.2) is 0 Å². The normalized spacial score (nSPS) is 9.29. The monoisotopic (exact) mass is 189 g/mol. The van der Waals surface area contributed by atoms with Crippen LogP contribution in [0.25, 0.3) is 0 Å². The van der Waals surface area contributed by atoms with Crippen molar-refractivity contribution in [2.75, 3.05) is 20.3 Å². The van der Waals surface area contributed by atoms with Gasteiger partial charge in [-0.1, -0.05) is 24.0 Å². The third kappa shape index (κ3) is 3.61. The van der Waals surface area contributed by atoms with E-state index in [-0.39, 0.29) is 0 Å². The molecule has 1 aromatic rings. The number of ether oxygens (including phenoxy) is 1. The fraction of sp³-hybridized carbons (Fsp3) is 0.333. The lowest BCUT2D eigenvalue weighted by molar-refractivity contribution is 0.202. The number of rotatable bonds is 3. The molecule has 0 atom stereocenters. The Bertz CT molecular complexity index is 318. The maximum absolute atomic E-state index is 5.28. The van der Waals surface area contributed by atoms with Crippen molar-refractivity contribution in [3.63, 3.8) is 0 Å². The molecule has 0 saturated carbocycles. The van der Waals surface area contributed by atoms with E-state index in [1.165, 1.54) is 5.56 Å². The maximum Gasteiger partial charge on any atom is 0.0555 e. The Labute approximate surface area is 85.1 Å². The fourth-order valence-electron chi connectivity index (χ4n) is 1.13. The summed E-state index contributed by atoms with van der Waals surface area (Å²) >= 11 is 0. The van der Waals surface area contributed by atoms with Crippen molar-refractivity contribution in [2.45, 2.75) is 6.42 Å². The molecule has 0 bridgehead atoms. The van der Waals surface area contributed by atoms with Crippen LogP contribution in [0.4, 0.5) is 0 Å². The molecule has 0 saturated heterocycles. The van der Waals surface area contributed by atoms with E-state index in [4.69, 9.17) is 10.5 Å². The molecule has 2 nitrogen and oxygen atoms in total. The first-order valence-corrected chi connectivity index (χ1v) is 4.63. The average molecular weight is 189 g/mol. The molecule has 0 fully saturated rings. The van der Waals surface area contributed by atoms with Crippen molar-refractivity contribution in [3.05, 3.63) is 35.4 Å². The molecular formula is C12H15NO. The zero-order valence-corrected chi connectivity index (χ0v) is 8.42. The Balaban J connectivity index is 2.59. The van der Waals surface area contributed by atoms with Crippen molar-refractivity contribution in [3.8, 4) is 11.8 Å². The van der Waals surface area contributed by atoms with Gasteiger partial charge in [-0.15, -0.1) is 0 Å². The first-order valence-electron chi connectivity index (χ1n) is 4.63. The van der Waals surface area contributed by atoms with Crippen LogP contribution in [0.5, 0.6) is 0 Å². The Morgan fingerprint density at radius 2 is 2.00 bits per heavy atom. The lowest BCUT2D eigenvalue weighted by Crippen LogP contribution is -1.94. The van der Waals surface area contributed by atoms with Crippen molar-refractivity contribution >= 4 is 0 Å². The number of hydrogen-bond donors (Lipinski definition) is 1. The van der Waals surface area contributed by atoms with Crippen molar-refractivity contribution in [1.82, 2.24) is 0 Å². The van der Waals surface area contributed by atoms with Gasteiger partial charge < -0.3 is 10.5 Å². The quantitative estimate of drug-likeness (QED) is 0.725. The van der Waals surface area contributed by atoms with Gasteiger partial charge in [0, 0.05) is 12.7 Å². The highest BCUT2D eigenvalue weighted by Crippen LogP contribution is 2.03. The molecule has 74 valence electrons. The molecule has 0 radical (unpaired) electrons. The largest absolute Gasteiger partial charge is 0.384 e. The molecule has 2 heteroatoms. The van der Waals surface area contributed by atoms with E-state index in [9.17, 15) is 0 Å². The molecule has 0 amide bonds. The molecule has 14 heavy (non-hydrogen) atoms. The van der Waals surface area contributed by atoms with Crippen LogP contribution in [0.15, 0.2) is 24.3 Å². The molecule has 1 aromatic carbocycles. The molecular weight excluding hydrogens is 174 g/mol. The molecule has 0 aromatic heterocycles. The van der Waals surface area contributed by atoms with E-state index >= 15 is 0 Å². The summed E-state index contributed by atoms with van der Waals surface area (Å²) < 4.78 is 5.00. The van der Waals surface area contributed by atoms with Crippen LogP contribution in [0.3, 0.4) is 0 Å². The number of methoxy groups -OCH3 is 1. The summed E-state index contributed by atoms with van der Waals surface area (Å²) in [6.45, 7) is 1.17. The Hall–Kier alpha value is -1.30. The second-order valence-corrected chi connectivity index (χ2v) is 2.95. The smallest absolute Gasteiger partial charge is 0.0555 e. The predicted octanol–water partition coefficient (Wildman–Crippen LogP) is 1.19. The molecule has 0 heterocycles. The van der Waals surface area contributed by atoms with E-state index in [1.54, 1.807) is 7.11 Å². The minimum atomic E-state index is 0.408. The summed E-state index contributed by atoms with van der Waals surface area (Å²) in [7, 11) is 1.71. The topological polar surface area (TPSA) is 35.2 Å². The summed E-state index contributed by atoms with van der Waals surface area (Å²) in [4.78, 5) is 0. The number of hydrogen-bond acceptors (Lipinski definition) is 2. The van der Waals surface area contributed by atoms with Crippen molar-refractivity contribution in [1.29, 1.82) is 0 Å². The second kappa shape index (κ2) is 6.20. The SMILES string of the molecule is COCCc1ccc(C#CCN)cc1. The molecule has 2 N–H and O–H groups in total. The van der Waals surface area contributed by atoms with Gasteiger partial charge >= 0.3 is 0 Å². The van der Waals surface area contributed by atoms with Gasteiger partial charge in [0.05, 0.1) is 13.2 Å². The van der Waals surface area contributed by atoms with E-state index in [2.05, 4.69) is 24.0 Å². The summed E-state index contributed by atoms with van der Waals surface area (Å²) in [5.74, 6) is 5.80. The first-order chi connectivity index (χ1) is 6.86. The second-order valence-electron chi connectivity index (χ2n) is 2.95. The lowest BCUT2D eigenvalue weighted by atomic mass is 10.1. The molecule has 0 unspecified atom stereocenters. The lowest BCUT2D eigenvalue weighted by Gasteiger charge is -1.99. The van der Waals surface area contributed by atoms with Crippen LogP contribution < -0.4 is 5.73 Å². The highest BCUT2D eigenvalue weighted by molar-refractivity contribution is 5.36.